The highest BCUT2D eigenvalue weighted by Gasteiger charge is 2.31. The number of carbonyl (C=O) groups is 1. The second-order valence-electron chi connectivity index (χ2n) is 8.00. The fourth-order valence-corrected chi connectivity index (χ4v) is 5.49. The normalized spacial score (nSPS) is 26.1. The van der Waals surface area contributed by atoms with Gasteiger partial charge in [-0.15, -0.1) is 0 Å². The number of oxazole rings is 1. The fraction of sp³-hybridized carbons (Fsp3) is 0.364. The van der Waals surface area contributed by atoms with Gasteiger partial charge in [-0.2, -0.15) is 0 Å². The van der Waals surface area contributed by atoms with Gasteiger partial charge in [0.2, 0.25) is 0 Å². The second kappa shape index (κ2) is 7.12. The Labute approximate surface area is 172 Å². The Bertz CT molecular complexity index is 1070. The molecular formula is C22H25N4O2P. The predicted molar refractivity (Wildman–Crippen MR) is 117 cm³/mol. The Morgan fingerprint density at radius 3 is 2.97 bits per heavy atom. The van der Waals surface area contributed by atoms with Crippen LogP contribution in [0.15, 0.2) is 52.7 Å². The van der Waals surface area contributed by atoms with Crippen LogP contribution in [0.3, 0.4) is 0 Å². The average molecular weight is 408 g/mol. The highest BCUT2D eigenvalue weighted by Crippen LogP contribution is 2.45. The molecule has 0 radical (unpaired) electrons. The van der Waals surface area contributed by atoms with Crippen LogP contribution in [0.25, 0.3) is 16.4 Å². The summed E-state index contributed by atoms with van der Waals surface area (Å²) in [5.74, 6) is 0.787. The van der Waals surface area contributed by atoms with Gasteiger partial charge in [0.15, 0.2) is 11.5 Å². The van der Waals surface area contributed by atoms with E-state index >= 15 is 0 Å². The lowest BCUT2D eigenvalue weighted by atomic mass is 10.1. The van der Waals surface area contributed by atoms with Gasteiger partial charge in [0.25, 0.3) is 5.91 Å². The van der Waals surface area contributed by atoms with Gasteiger partial charge < -0.3 is 19.1 Å². The van der Waals surface area contributed by atoms with Crippen molar-refractivity contribution in [1.29, 1.82) is 0 Å². The first-order chi connectivity index (χ1) is 14.0. The maximum absolute atomic E-state index is 12.9. The van der Waals surface area contributed by atoms with E-state index in [4.69, 9.17) is 4.42 Å². The summed E-state index contributed by atoms with van der Waals surface area (Å²) >= 11 is 0. The number of aromatic nitrogens is 1. The van der Waals surface area contributed by atoms with Crippen LogP contribution in [-0.4, -0.2) is 64.1 Å². The smallest absolute Gasteiger partial charge is 0.252 e. The molecule has 6 nitrogen and oxygen atoms in total. The number of fused-ring (bicyclic) bond motifs is 2. The number of likely N-dealkylation sites (N-methyl/N-ethyl adjacent to an activating group) is 1. The van der Waals surface area contributed by atoms with Crippen molar-refractivity contribution < 1.29 is 9.21 Å². The summed E-state index contributed by atoms with van der Waals surface area (Å²) in [5.41, 5.74) is 3.79. The first-order valence-corrected chi connectivity index (χ1v) is 11.1. The first kappa shape index (κ1) is 18.6. The summed E-state index contributed by atoms with van der Waals surface area (Å²) in [4.78, 5) is 23.9. The molecule has 0 saturated carbocycles. The number of benzene rings is 1. The lowest BCUT2D eigenvalue weighted by molar-refractivity contribution is -0.123. The number of hydrogen-bond acceptors (Lipinski definition) is 5. The van der Waals surface area contributed by atoms with Gasteiger partial charge in [-0.25, -0.2) is 4.98 Å². The Morgan fingerprint density at radius 2 is 2.14 bits per heavy atom. The van der Waals surface area contributed by atoms with Crippen LogP contribution >= 0.6 is 8.58 Å². The number of amides is 1. The van der Waals surface area contributed by atoms with Crippen LogP contribution in [0.2, 0.25) is 0 Å². The van der Waals surface area contributed by atoms with Crippen molar-refractivity contribution in [1.82, 2.24) is 19.7 Å². The van der Waals surface area contributed by atoms with E-state index in [-0.39, 0.29) is 11.7 Å². The van der Waals surface area contributed by atoms with E-state index in [9.17, 15) is 4.79 Å². The molecule has 3 aliphatic heterocycles. The number of carbonyl (C=O) groups excluding carboxylic acids is 1. The third-order valence-electron chi connectivity index (χ3n) is 5.98. The number of nitrogens with zero attached hydrogens (tertiary/aromatic N) is 4. The summed E-state index contributed by atoms with van der Waals surface area (Å²) in [5, 5.41) is 1.07. The van der Waals surface area contributed by atoms with Gasteiger partial charge in [-0.05, 0) is 43.1 Å². The first-order valence-electron chi connectivity index (χ1n) is 10.0. The lowest BCUT2D eigenvalue weighted by Gasteiger charge is -2.42. The molecule has 1 amide bonds. The van der Waals surface area contributed by atoms with Gasteiger partial charge in [0.05, 0.1) is 11.5 Å². The molecule has 3 atom stereocenters. The van der Waals surface area contributed by atoms with Gasteiger partial charge in [-0.1, -0.05) is 20.7 Å². The van der Waals surface area contributed by atoms with Crippen LogP contribution in [0.1, 0.15) is 18.4 Å². The van der Waals surface area contributed by atoms with Gasteiger partial charge >= 0.3 is 0 Å². The molecule has 1 aromatic heterocycles. The monoisotopic (exact) mass is 408 g/mol. The lowest BCUT2D eigenvalue weighted by Crippen LogP contribution is -2.50. The molecule has 0 N–H and O–H groups in total. The summed E-state index contributed by atoms with van der Waals surface area (Å²) in [6, 6.07) is 6.50. The van der Waals surface area contributed by atoms with Gasteiger partial charge in [0.1, 0.15) is 5.52 Å². The number of aryl methyl sites for hydroxylation is 1. The van der Waals surface area contributed by atoms with Gasteiger partial charge in [0, 0.05) is 44.9 Å². The second-order valence-corrected chi connectivity index (χ2v) is 9.42. The van der Waals surface area contributed by atoms with Crippen molar-refractivity contribution in [3.05, 3.63) is 59.8 Å². The quantitative estimate of drug-likeness (QED) is 0.714. The number of allylic oxidation sites excluding steroid dienone is 1. The third kappa shape index (κ3) is 3.41. The van der Waals surface area contributed by atoms with Crippen LogP contribution in [0.5, 0.6) is 0 Å². The standard InChI is InChI=1S/C22H25N4O2P/c1-14-12-25(9-8-24(14)3)17-5-7-22-26(13-17)21(27)11-20(29-22)16-4-6-18-19(10-16)28-15(2)23-18/h4-7,10-11,13-14,22,29H,8-9,12H2,1-3H3/t14-,22?/m1/s1. The predicted octanol–water partition coefficient (Wildman–Crippen LogP) is 3.37. The minimum atomic E-state index is 0.0432. The number of hydrogen-bond donors (Lipinski definition) is 0. The molecular weight excluding hydrogens is 383 g/mol. The highest BCUT2D eigenvalue weighted by molar-refractivity contribution is 7.51. The average Bonchev–Trinajstić information content (AvgIpc) is 3.09. The van der Waals surface area contributed by atoms with Gasteiger partial charge in [-0.3, -0.25) is 4.79 Å². The molecule has 1 aromatic carbocycles. The summed E-state index contributed by atoms with van der Waals surface area (Å²) < 4.78 is 5.67. The molecule has 29 heavy (non-hydrogen) atoms. The van der Waals surface area contributed by atoms with Crippen LogP contribution in [-0.2, 0) is 4.79 Å². The van der Waals surface area contributed by atoms with E-state index in [0.717, 1.165) is 47.3 Å². The van der Waals surface area contributed by atoms with E-state index < -0.39 is 0 Å². The zero-order chi connectivity index (χ0) is 20.1. The molecule has 1 fully saturated rings. The van der Waals surface area contributed by atoms with E-state index in [1.54, 1.807) is 6.08 Å². The zero-order valence-corrected chi connectivity index (χ0v) is 17.9. The molecule has 0 bridgehead atoms. The number of piperazine rings is 1. The Hall–Kier alpha value is -2.43. The Kier molecular flexibility index (Phi) is 4.56. The zero-order valence-electron chi connectivity index (χ0n) is 16.9. The highest BCUT2D eigenvalue weighted by atomic mass is 31.1. The van der Waals surface area contributed by atoms with Crippen molar-refractivity contribution >= 4 is 30.9 Å². The molecule has 4 heterocycles. The summed E-state index contributed by atoms with van der Waals surface area (Å²) in [6.07, 6.45) is 8.18. The topological polar surface area (TPSA) is 52.8 Å². The van der Waals surface area contributed by atoms with Crippen molar-refractivity contribution in [2.45, 2.75) is 25.7 Å². The Morgan fingerprint density at radius 1 is 1.28 bits per heavy atom. The van der Waals surface area contributed by atoms with Crippen molar-refractivity contribution in [3.63, 3.8) is 0 Å². The Balaban J connectivity index is 1.39. The third-order valence-corrected chi connectivity index (χ3v) is 7.49. The summed E-state index contributed by atoms with van der Waals surface area (Å²) in [7, 11) is 2.67. The maximum atomic E-state index is 12.9. The minimum Gasteiger partial charge on any atom is -0.441 e. The van der Waals surface area contributed by atoms with Crippen molar-refractivity contribution in [2.75, 3.05) is 26.7 Å². The SMILES string of the molecule is Cc1nc2ccc(C3=CC(=O)N4C=C(N5CCN(C)[C@H](C)C5)C=CC4P3)cc2o1. The number of rotatable bonds is 2. The van der Waals surface area contributed by atoms with Crippen LogP contribution < -0.4 is 0 Å². The maximum Gasteiger partial charge on any atom is 0.252 e. The molecule has 0 spiro atoms. The molecule has 2 aromatic rings. The summed E-state index contributed by atoms with van der Waals surface area (Å²) in [6.45, 7) is 7.11. The van der Waals surface area contributed by atoms with Crippen LogP contribution in [0.4, 0.5) is 0 Å². The van der Waals surface area contributed by atoms with Crippen LogP contribution in [0, 0.1) is 6.92 Å². The van der Waals surface area contributed by atoms with E-state index in [1.165, 1.54) is 0 Å². The van der Waals surface area contributed by atoms with Crippen molar-refractivity contribution in [3.8, 4) is 0 Å². The largest absolute Gasteiger partial charge is 0.441 e. The molecule has 5 rings (SSSR count). The molecule has 2 unspecified atom stereocenters. The fourth-order valence-electron chi connectivity index (χ4n) is 4.11. The van der Waals surface area contributed by atoms with Crippen molar-refractivity contribution in [2.24, 2.45) is 0 Å². The molecule has 150 valence electrons. The molecule has 7 heteroatoms. The molecule has 0 aliphatic carbocycles. The minimum absolute atomic E-state index is 0.0432. The van der Waals surface area contributed by atoms with E-state index in [1.807, 2.05) is 36.2 Å². The molecule has 1 saturated heterocycles. The molecule has 3 aliphatic rings. The van der Waals surface area contributed by atoms with E-state index in [2.05, 4.69) is 40.9 Å². The van der Waals surface area contributed by atoms with E-state index in [0.29, 0.717) is 20.5 Å².